The SMILES string of the molecule is CC1(C)CCC(NCc2ccc3ncoc3c2)CC1. The van der Waals surface area contributed by atoms with Gasteiger partial charge < -0.3 is 9.73 Å². The molecule has 19 heavy (non-hydrogen) atoms. The van der Waals surface area contributed by atoms with Gasteiger partial charge in [0.1, 0.15) is 5.52 Å². The van der Waals surface area contributed by atoms with Gasteiger partial charge in [-0.2, -0.15) is 0 Å². The molecule has 3 heteroatoms. The number of hydrogen-bond donors (Lipinski definition) is 1. The molecule has 0 radical (unpaired) electrons. The first kappa shape index (κ1) is 12.7. The minimum Gasteiger partial charge on any atom is -0.443 e. The molecule has 0 bridgehead atoms. The highest BCUT2D eigenvalue weighted by molar-refractivity contribution is 5.72. The maximum atomic E-state index is 5.34. The van der Waals surface area contributed by atoms with E-state index in [0.717, 1.165) is 17.6 Å². The summed E-state index contributed by atoms with van der Waals surface area (Å²) in [6.45, 7) is 5.67. The van der Waals surface area contributed by atoms with Gasteiger partial charge in [0, 0.05) is 12.6 Å². The molecule has 1 aromatic heterocycles. The van der Waals surface area contributed by atoms with Crippen molar-refractivity contribution in [1.82, 2.24) is 10.3 Å². The van der Waals surface area contributed by atoms with Gasteiger partial charge in [-0.3, -0.25) is 0 Å². The Bertz CT molecular complexity index is 549. The van der Waals surface area contributed by atoms with Crippen molar-refractivity contribution < 1.29 is 4.42 Å². The molecule has 1 aliphatic rings. The molecule has 0 spiro atoms. The average Bonchev–Trinajstić information content (AvgIpc) is 2.85. The van der Waals surface area contributed by atoms with Gasteiger partial charge in [-0.25, -0.2) is 4.98 Å². The molecule has 1 fully saturated rings. The first-order valence-electron chi connectivity index (χ1n) is 7.18. The molecular formula is C16H22N2O. The van der Waals surface area contributed by atoms with E-state index in [1.807, 2.05) is 6.07 Å². The van der Waals surface area contributed by atoms with E-state index in [4.69, 9.17) is 4.42 Å². The second kappa shape index (κ2) is 4.97. The molecule has 0 atom stereocenters. The predicted molar refractivity (Wildman–Crippen MR) is 76.9 cm³/mol. The fraction of sp³-hybridized carbons (Fsp3) is 0.562. The molecule has 3 nitrogen and oxygen atoms in total. The van der Waals surface area contributed by atoms with Crippen molar-refractivity contribution in [2.45, 2.75) is 52.1 Å². The number of rotatable bonds is 3. The summed E-state index contributed by atoms with van der Waals surface area (Å²) in [4.78, 5) is 4.14. The first-order chi connectivity index (χ1) is 9.12. The second-order valence-electron chi connectivity index (χ2n) is 6.47. The monoisotopic (exact) mass is 258 g/mol. The fourth-order valence-electron chi connectivity index (χ4n) is 2.88. The van der Waals surface area contributed by atoms with Gasteiger partial charge in [-0.15, -0.1) is 0 Å². The molecule has 1 aromatic carbocycles. The molecule has 0 saturated heterocycles. The first-order valence-corrected chi connectivity index (χ1v) is 7.18. The highest BCUT2D eigenvalue weighted by atomic mass is 16.3. The minimum absolute atomic E-state index is 0.539. The number of hydrogen-bond acceptors (Lipinski definition) is 3. The van der Waals surface area contributed by atoms with Gasteiger partial charge >= 0.3 is 0 Å². The highest BCUT2D eigenvalue weighted by Gasteiger charge is 2.26. The zero-order valence-corrected chi connectivity index (χ0v) is 11.8. The number of benzene rings is 1. The Kier molecular flexibility index (Phi) is 3.31. The van der Waals surface area contributed by atoms with Crippen LogP contribution >= 0.6 is 0 Å². The summed E-state index contributed by atoms with van der Waals surface area (Å²) in [5, 5.41) is 3.67. The fourth-order valence-corrected chi connectivity index (χ4v) is 2.88. The van der Waals surface area contributed by atoms with Crippen LogP contribution in [0.4, 0.5) is 0 Å². The van der Waals surface area contributed by atoms with Gasteiger partial charge in [0.25, 0.3) is 0 Å². The van der Waals surface area contributed by atoms with E-state index in [0.29, 0.717) is 11.5 Å². The Labute approximate surface area is 114 Å². The zero-order valence-electron chi connectivity index (χ0n) is 11.8. The van der Waals surface area contributed by atoms with E-state index in [1.165, 1.54) is 37.6 Å². The van der Waals surface area contributed by atoms with Crippen LogP contribution in [0.3, 0.4) is 0 Å². The third-order valence-corrected chi connectivity index (χ3v) is 4.33. The number of oxazole rings is 1. The summed E-state index contributed by atoms with van der Waals surface area (Å²) >= 11 is 0. The van der Waals surface area contributed by atoms with Crippen molar-refractivity contribution in [3.05, 3.63) is 30.2 Å². The average molecular weight is 258 g/mol. The molecule has 1 heterocycles. The van der Waals surface area contributed by atoms with Crippen LogP contribution in [0.2, 0.25) is 0 Å². The third kappa shape index (κ3) is 2.98. The minimum atomic E-state index is 0.539. The normalized spacial score (nSPS) is 19.9. The number of nitrogens with one attached hydrogen (secondary N) is 1. The van der Waals surface area contributed by atoms with E-state index in [1.54, 1.807) is 0 Å². The summed E-state index contributed by atoms with van der Waals surface area (Å²) in [5.74, 6) is 0. The van der Waals surface area contributed by atoms with Gasteiger partial charge in [0.05, 0.1) is 0 Å². The lowest BCUT2D eigenvalue weighted by atomic mass is 9.75. The van der Waals surface area contributed by atoms with E-state index >= 15 is 0 Å². The maximum absolute atomic E-state index is 5.34. The molecule has 1 saturated carbocycles. The Morgan fingerprint density at radius 3 is 2.89 bits per heavy atom. The summed E-state index contributed by atoms with van der Waals surface area (Å²) in [6.07, 6.45) is 6.73. The molecule has 0 amide bonds. The van der Waals surface area contributed by atoms with E-state index in [9.17, 15) is 0 Å². The smallest absolute Gasteiger partial charge is 0.181 e. The van der Waals surface area contributed by atoms with Gasteiger partial charge in [0.15, 0.2) is 12.0 Å². The van der Waals surface area contributed by atoms with Gasteiger partial charge in [-0.1, -0.05) is 19.9 Å². The topological polar surface area (TPSA) is 38.1 Å². The molecular weight excluding hydrogens is 236 g/mol. The lowest BCUT2D eigenvalue weighted by Crippen LogP contribution is -2.35. The van der Waals surface area contributed by atoms with Crippen molar-refractivity contribution >= 4 is 11.1 Å². The van der Waals surface area contributed by atoms with Gasteiger partial charge in [0.2, 0.25) is 0 Å². The van der Waals surface area contributed by atoms with Crippen LogP contribution in [0, 0.1) is 5.41 Å². The Balaban J connectivity index is 1.57. The summed E-state index contributed by atoms with van der Waals surface area (Å²) in [7, 11) is 0. The lowest BCUT2D eigenvalue weighted by molar-refractivity contribution is 0.206. The Morgan fingerprint density at radius 1 is 1.32 bits per heavy atom. The van der Waals surface area contributed by atoms with Gasteiger partial charge in [-0.05, 0) is 48.8 Å². The molecule has 1 aliphatic carbocycles. The standard InChI is InChI=1S/C16H22N2O/c1-16(2)7-5-13(6-8-16)17-10-12-3-4-14-15(9-12)19-11-18-14/h3-4,9,11,13,17H,5-8,10H2,1-2H3. The lowest BCUT2D eigenvalue weighted by Gasteiger charge is -2.34. The third-order valence-electron chi connectivity index (χ3n) is 4.33. The van der Waals surface area contributed by atoms with Crippen molar-refractivity contribution in [3.63, 3.8) is 0 Å². The zero-order chi connectivity index (χ0) is 13.3. The van der Waals surface area contributed by atoms with Crippen LogP contribution < -0.4 is 5.32 Å². The van der Waals surface area contributed by atoms with Crippen molar-refractivity contribution in [3.8, 4) is 0 Å². The summed E-state index contributed by atoms with van der Waals surface area (Å²) in [5.41, 5.74) is 3.62. The molecule has 1 N–H and O–H groups in total. The largest absolute Gasteiger partial charge is 0.443 e. The van der Waals surface area contributed by atoms with E-state index < -0.39 is 0 Å². The maximum Gasteiger partial charge on any atom is 0.181 e. The Morgan fingerprint density at radius 2 is 2.11 bits per heavy atom. The molecule has 2 aromatic rings. The van der Waals surface area contributed by atoms with Crippen molar-refractivity contribution in [2.24, 2.45) is 5.41 Å². The van der Waals surface area contributed by atoms with Crippen molar-refractivity contribution in [2.75, 3.05) is 0 Å². The summed E-state index contributed by atoms with van der Waals surface area (Å²) < 4.78 is 5.34. The van der Waals surface area contributed by atoms with E-state index in [2.05, 4.69) is 36.3 Å². The van der Waals surface area contributed by atoms with Crippen LogP contribution in [0.25, 0.3) is 11.1 Å². The van der Waals surface area contributed by atoms with Crippen LogP contribution in [-0.2, 0) is 6.54 Å². The van der Waals surface area contributed by atoms with Crippen LogP contribution in [0.1, 0.15) is 45.1 Å². The Hall–Kier alpha value is -1.35. The summed E-state index contributed by atoms with van der Waals surface area (Å²) in [6, 6.07) is 6.91. The van der Waals surface area contributed by atoms with Crippen LogP contribution in [-0.4, -0.2) is 11.0 Å². The molecule has 0 aliphatic heterocycles. The van der Waals surface area contributed by atoms with Crippen LogP contribution in [0.15, 0.2) is 29.0 Å². The number of nitrogens with zero attached hydrogens (tertiary/aromatic N) is 1. The highest BCUT2D eigenvalue weighted by Crippen LogP contribution is 2.35. The van der Waals surface area contributed by atoms with E-state index in [-0.39, 0.29) is 0 Å². The van der Waals surface area contributed by atoms with Crippen molar-refractivity contribution in [1.29, 1.82) is 0 Å². The molecule has 3 rings (SSSR count). The number of aromatic nitrogens is 1. The quantitative estimate of drug-likeness (QED) is 0.907. The molecule has 102 valence electrons. The predicted octanol–water partition coefficient (Wildman–Crippen LogP) is 3.89. The van der Waals surface area contributed by atoms with Crippen LogP contribution in [0.5, 0.6) is 0 Å². The second-order valence-corrected chi connectivity index (χ2v) is 6.47. The number of fused-ring (bicyclic) bond motifs is 1. The molecule has 0 unspecified atom stereocenters.